The molecule has 100 valence electrons. The molecule has 0 saturated carbocycles. The van der Waals surface area contributed by atoms with Gasteiger partial charge in [0.2, 0.25) is 5.91 Å². The summed E-state index contributed by atoms with van der Waals surface area (Å²) >= 11 is 1.61. The van der Waals surface area contributed by atoms with Gasteiger partial charge in [-0.3, -0.25) is 4.79 Å². The molecule has 0 fully saturated rings. The maximum absolute atomic E-state index is 12.2. The summed E-state index contributed by atoms with van der Waals surface area (Å²) < 4.78 is 0. The van der Waals surface area contributed by atoms with Gasteiger partial charge in [-0.2, -0.15) is 0 Å². The van der Waals surface area contributed by atoms with E-state index in [-0.39, 0.29) is 11.8 Å². The van der Waals surface area contributed by atoms with Crippen LogP contribution in [0.15, 0.2) is 41.8 Å². The van der Waals surface area contributed by atoms with Crippen molar-refractivity contribution in [3.8, 4) is 0 Å². The SMILES string of the molecule is CNCc1ccccc1NC(=O)C(C)c1cccs1. The Morgan fingerprint density at radius 3 is 2.74 bits per heavy atom. The van der Waals surface area contributed by atoms with Crippen molar-refractivity contribution in [2.24, 2.45) is 0 Å². The van der Waals surface area contributed by atoms with Crippen LogP contribution in [0, 0.1) is 0 Å². The number of carbonyl (C=O) groups excluding carboxylic acids is 1. The molecule has 0 spiro atoms. The van der Waals surface area contributed by atoms with Gasteiger partial charge in [-0.05, 0) is 37.0 Å². The summed E-state index contributed by atoms with van der Waals surface area (Å²) in [6.07, 6.45) is 0. The highest BCUT2D eigenvalue weighted by molar-refractivity contribution is 7.10. The number of nitrogens with one attached hydrogen (secondary N) is 2. The zero-order chi connectivity index (χ0) is 13.7. The molecule has 1 atom stereocenters. The van der Waals surface area contributed by atoms with Gasteiger partial charge in [-0.15, -0.1) is 11.3 Å². The molecule has 0 saturated heterocycles. The van der Waals surface area contributed by atoms with Gasteiger partial charge >= 0.3 is 0 Å². The Bertz CT molecular complexity index is 537. The summed E-state index contributed by atoms with van der Waals surface area (Å²) in [6.45, 7) is 2.67. The van der Waals surface area contributed by atoms with Crippen molar-refractivity contribution in [1.29, 1.82) is 0 Å². The fourth-order valence-electron chi connectivity index (χ4n) is 1.89. The summed E-state index contributed by atoms with van der Waals surface area (Å²) in [5, 5.41) is 8.11. The van der Waals surface area contributed by atoms with Gasteiger partial charge in [-0.1, -0.05) is 24.3 Å². The van der Waals surface area contributed by atoms with Crippen LogP contribution in [0.25, 0.3) is 0 Å². The van der Waals surface area contributed by atoms with E-state index in [0.29, 0.717) is 0 Å². The first-order valence-corrected chi connectivity index (χ1v) is 7.17. The van der Waals surface area contributed by atoms with Gasteiger partial charge in [-0.25, -0.2) is 0 Å². The third kappa shape index (κ3) is 3.43. The zero-order valence-corrected chi connectivity index (χ0v) is 12.0. The minimum Gasteiger partial charge on any atom is -0.325 e. The Labute approximate surface area is 117 Å². The Morgan fingerprint density at radius 2 is 2.05 bits per heavy atom. The first-order valence-electron chi connectivity index (χ1n) is 6.29. The van der Waals surface area contributed by atoms with E-state index < -0.39 is 0 Å². The van der Waals surface area contributed by atoms with E-state index in [2.05, 4.69) is 10.6 Å². The minimum atomic E-state index is -0.123. The predicted molar refractivity (Wildman–Crippen MR) is 80.6 cm³/mol. The van der Waals surface area contributed by atoms with Crippen LogP contribution in [0.4, 0.5) is 5.69 Å². The number of anilines is 1. The molecule has 1 aromatic carbocycles. The van der Waals surface area contributed by atoms with E-state index in [1.165, 1.54) is 0 Å². The minimum absolute atomic E-state index is 0.0333. The molecule has 0 aliphatic rings. The normalized spacial score (nSPS) is 12.1. The lowest BCUT2D eigenvalue weighted by atomic mass is 10.1. The summed E-state index contributed by atoms with van der Waals surface area (Å²) in [5.41, 5.74) is 1.97. The number of thiophene rings is 1. The molecule has 0 aliphatic carbocycles. The van der Waals surface area contributed by atoms with Crippen molar-refractivity contribution in [2.45, 2.75) is 19.4 Å². The zero-order valence-electron chi connectivity index (χ0n) is 11.1. The molecule has 1 heterocycles. The molecule has 2 aromatic rings. The topological polar surface area (TPSA) is 41.1 Å². The lowest BCUT2D eigenvalue weighted by molar-refractivity contribution is -0.117. The van der Waals surface area contributed by atoms with Gasteiger partial charge in [0.25, 0.3) is 0 Å². The van der Waals surface area contributed by atoms with Gasteiger partial charge in [0, 0.05) is 17.1 Å². The molecule has 0 aliphatic heterocycles. The Hall–Kier alpha value is -1.65. The number of rotatable bonds is 5. The van der Waals surface area contributed by atoms with E-state index in [4.69, 9.17) is 0 Å². The fraction of sp³-hybridized carbons (Fsp3) is 0.267. The molecule has 19 heavy (non-hydrogen) atoms. The van der Waals surface area contributed by atoms with Crippen molar-refractivity contribution < 1.29 is 4.79 Å². The van der Waals surface area contributed by atoms with E-state index in [1.54, 1.807) is 11.3 Å². The molecule has 1 unspecified atom stereocenters. The Kier molecular flexibility index (Phi) is 4.71. The number of hydrogen-bond acceptors (Lipinski definition) is 3. The first-order chi connectivity index (χ1) is 9.22. The molecular formula is C15H18N2OS. The number of benzene rings is 1. The van der Waals surface area contributed by atoms with Crippen molar-refractivity contribution >= 4 is 22.9 Å². The van der Waals surface area contributed by atoms with Crippen LogP contribution in [0.1, 0.15) is 23.3 Å². The molecule has 0 radical (unpaired) electrons. The average molecular weight is 274 g/mol. The van der Waals surface area contributed by atoms with Crippen LogP contribution in [0.2, 0.25) is 0 Å². The summed E-state index contributed by atoms with van der Waals surface area (Å²) in [6, 6.07) is 11.8. The first kappa shape index (κ1) is 13.8. The van der Waals surface area contributed by atoms with E-state index in [0.717, 1.165) is 22.7 Å². The molecule has 2 rings (SSSR count). The highest BCUT2D eigenvalue weighted by Crippen LogP contribution is 2.23. The van der Waals surface area contributed by atoms with Crippen LogP contribution in [0.5, 0.6) is 0 Å². The highest BCUT2D eigenvalue weighted by atomic mass is 32.1. The predicted octanol–water partition coefficient (Wildman–Crippen LogP) is 3.21. The van der Waals surface area contributed by atoms with Gasteiger partial charge in [0.05, 0.1) is 5.92 Å². The molecule has 0 bridgehead atoms. The van der Waals surface area contributed by atoms with Crippen LogP contribution < -0.4 is 10.6 Å². The van der Waals surface area contributed by atoms with Crippen molar-refractivity contribution in [3.05, 3.63) is 52.2 Å². The number of carbonyl (C=O) groups is 1. The van der Waals surface area contributed by atoms with Crippen LogP contribution in [0.3, 0.4) is 0 Å². The molecule has 2 N–H and O–H groups in total. The smallest absolute Gasteiger partial charge is 0.232 e. The largest absolute Gasteiger partial charge is 0.325 e. The fourth-order valence-corrected chi connectivity index (χ4v) is 2.68. The third-order valence-corrected chi connectivity index (χ3v) is 4.06. The maximum atomic E-state index is 12.2. The third-order valence-electron chi connectivity index (χ3n) is 3.01. The van der Waals surface area contributed by atoms with Crippen LogP contribution >= 0.6 is 11.3 Å². The van der Waals surface area contributed by atoms with E-state index in [9.17, 15) is 4.79 Å². The molecular weight excluding hydrogens is 256 g/mol. The summed E-state index contributed by atoms with van der Waals surface area (Å²) in [7, 11) is 1.90. The second kappa shape index (κ2) is 6.50. The van der Waals surface area contributed by atoms with Crippen molar-refractivity contribution in [1.82, 2.24) is 5.32 Å². The van der Waals surface area contributed by atoms with Gasteiger partial charge in [0.1, 0.15) is 0 Å². The average Bonchev–Trinajstić information content (AvgIpc) is 2.94. The van der Waals surface area contributed by atoms with Crippen molar-refractivity contribution in [2.75, 3.05) is 12.4 Å². The van der Waals surface area contributed by atoms with Crippen LogP contribution in [-0.4, -0.2) is 13.0 Å². The second-order valence-electron chi connectivity index (χ2n) is 4.41. The number of hydrogen-bond donors (Lipinski definition) is 2. The maximum Gasteiger partial charge on any atom is 0.232 e. The number of amides is 1. The molecule has 1 aromatic heterocycles. The Morgan fingerprint density at radius 1 is 1.26 bits per heavy atom. The van der Waals surface area contributed by atoms with Crippen LogP contribution in [-0.2, 0) is 11.3 Å². The van der Waals surface area contributed by atoms with E-state index >= 15 is 0 Å². The van der Waals surface area contributed by atoms with Crippen molar-refractivity contribution in [3.63, 3.8) is 0 Å². The van der Waals surface area contributed by atoms with Gasteiger partial charge in [0.15, 0.2) is 0 Å². The highest BCUT2D eigenvalue weighted by Gasteiger charge is 2.16. The quantitative estimate of drug-likeness (QED) is 0.879. The molecule has 4 heteroatoms. The summed E-state index contributed by atoms with van der Waals surface area (Å²) in [5.74, 6) is -0.0892. The lowest BCUT2D eigenvalue weighted by Crippen LogP contribution is -2.19. The van der Waals surface area contributed by atoms with Gasteiger partial charge < -0.3 is 10.6 Å². The standard InChI is InChI=1S/C15H18N2OS/c1-11(14-8-5-9-19-14)15(18)17-13-7-4-3-6-12(13)10-16-2/h3-9,11,16H,10H2,1-2H3,(H,17,18). The lowest BCUT2D eigenvalue weighted by Gasteiger charge is -2.14. The molecule has 3 nitrogen and oxygen atoms in total. The van der Waals surface area contributed by atoms with E-state index in [1.807, 2.05) is 55.7 Å². The Balaban J connectivity index is 2.10. The monoisotopic (exact) mass is 274 g/mol. The number of para-hydroxylation sites is 1. The molecule has 1 amide bonds. The summed E-state index contributed by atoms with van der Waals surface area (Å²) in [4.78, 5) is 13.3. The second-order valence-corrected chi connectivity index (χ2v) is 5.39.